The third-order valence-corrected chi connectivity index (χ3v) is 2.85. The van der Waals surface area contributed by atoms with Crippen LogP contribution in [-0.2, 0) is 11.2 Å². The van der Waals surface area contributed by atoms with Gasteiger partial charge in [0.1, 0.15) is 5.76 Å². The van der Waals surface area contributed by atoms with Gasteiger partial charge in [-0.2, -0.15) is 0 Å². The molecule has 1 aliphatic rings. The smallest absolute Gasteiger partial charge is 0.159 e. The molecule has 0 saturated carbocycles. The van der Waals surface area contributed by atoms with E-state index in [2.05, 4.69) is 5.32 Å². The molecule has 1 N–H and O–H groups in total. The quantitative estimate of drug-likeness (QED) is 0.871. The van der Waals surface area contributed by atoms with Crippen molar-refractivity contribution in [3.05, 3.63) is 47.2 Å². The van der Waals surface area contributed by atoms with Crippen LogP contribution in [0.2, 0.25) is 0 Å². The van der Waals surface area contributed by atoms with Crippen LogP contribution in [0.3, 0.4) is 0 Å². The molecule has 1 heterocycles. The summed E-state index contributed by atoms with van der Waals surface area (Å²) in [5.74, 6) is -0.734. The van der Waals surface area contributed by atoms with E-state index >= 15 is 0 Å². The van der Waals surface area contributed by atoms with Gasteiger partial charge in [-0.05, 0) is 37.2 Å². The van der Waals surface area contributed by atoms with Crippen LogP contribution in [0.1, 0.15) is 12.0 Å². The minimum Gasteiger partial charge on any atom is -0.496 e. The Hall–Kier alpha value is -1.42. The van der Waals surface area contributed by atoms with Crippen molar-refractivity contribution >= 4 is 0 Å². The molecular weight excluding hydrogens is 224 g/mol. The van der Waals surface area contributed by atoms with Gasteiger partial charge in [-0.15, -0.1) is 0 Å². The summed E-state index contributed by atoms with van der Waals surface area (Å²) in [6, 6.07) is 4.00. The van der Waals surface area contributed by atoms with Crippen LogP contribution in [0.5, 0.6) is 0 Å². The van der Waals surface area contributed by atoms with E-state index in [4.69, 9.17) is 4.74 Å². The normalized spacial score (nSPS) is 16.5. The highest BCUT2D eigenvalue weighted by Crippen LogP contribution is 2.18. The van der Waals surface area contributed by atoms with E-state index < -0.39 is 11.6 Å². The predicted octanol–water partition coefficient (Wildman–Crippen LogP) is 2.40. The van der Waals surface area contributed by atoms with Crippen LogP contribution >= 0.6 is 0 Å². The standard InChI is InChI=1S/C13H15F2NO/c1-16-12(13-3-2-6-17-13)8-9-4-5-10(14)11(15)7-9/h3-5,7,12,16H,2,6,8H2,1H3. The van der Waals surface area contributed by atoms with Crippen LogP contribution in [0.4, 0.5) is 8.78 Å². The third kappa shape index (κ3) is 2.82. The maximum atomic E-state index is 13.1. The van der Waals surface area contributed by atoms with Crippen LogP contribution in [0.15, 0.2) is 30.0 Å². The molecule has 92 valence electrons. The first kappa shape index (κ1) is 12.0. The van der Waals surface area contributed by atoms with Gasteiger partial charge in [0.25, 0.3) is 0 Å². The van der Waals surface area contributed by atoms with Crippen molar-refractivity contribution < 1.29 is 13.5 Å². The molecular formula is C13H15F2NO. The monoisotopic (exact) mass is 239 g/mol. The molecule has 0 spiro atoms. The fourth-order valence-electron chi connectivity index (χ4n) is 1.93. The molecule has 2 nitrogen and oxygen atoms in total. The van der Waals surface area contributed by atoms with Crippen molar-refractivity contribution in [2.75, 3.05) is 13.7 Å². The SMILES string of the molecule is CNC(Cc1ccc(F)c(F)c1)C1=CCCO1. The minimum atomic E-state index is -0.814. The third-order valence-electron chi connectivity index (χ3n) is 2.85. The van der Waals surface area contributed by atoms with Gasteiger partial charge < -0.3 is 10.1 Å². The fourth-order valence-corrected chi connectivity index (χ4v) is 1.93. The molecule has 0 aromatic heterocycles. The van der Waals surface area contributed by atoms with Crippen molar-refractivity contribution in [2.24, 2.45) is 0 Å². The Morgan fingerprint density at radius 2 is 2.18 bits per heavy atom. The lowest BCUT2D eigenvalue weighted by Crippen LogP contribution is -2.30. The molecule has 1 atom stereocenters. The van der Waals surface area contributed by atoms with E-state index in [9.17, 15) is 8.78 Å². The summed E-state index contributed by atoms with van der Waals surface area (Å²) in [5.41, 5.74) is 0.750. The Bertz CT molecular complexity index is 431. The topological polar surface area (TPSA) is 21.3 Å². The predicted molar refractivity (Wildman–Crippen MR) is 61.6 cm³/mol. The van der Waals surface area contributed by atoms with Crippen molar-refractivity contribution in [1.29, 1.82) is 0 Å². The summed E-state index contributed by atoms with van der Waals surface area (Å²) in [7, 11) is 1.83. The lowest BCUT2D eigenvalue weighted by molar-refractivity contribution is 0.217. The molecule has 0 aliphatic carbocycles. The van der Waals surface area contributed by atoms with Crippen molar-refractivity contribution in [1.82, 2.24) is 5.32 Å². The minimum absolute atomic E-state index is 0.0161. The van der Waals surface area contributed by atoms with Crippen LogP contribution in [0, 0.1) is 11.6 Å². The summed E-state index contributed by atoms with van der Waals surface area (Å²) < 4.78 is 31.3. The zero-order valence-corrected chi connectivity index (χ0v) is 9.67. The Morgan fingerprint density at radius 3 is 2.76 bits per heavy atom. The molecule has 1 aromatic carbocycles. The summed E-state index contributed by atoms with van der Waals surface area (Å²) in [6.45, 7) is 0.700. The highest BCUT2D eigenvalue weighted by Gasteiger charge is 2.18. The zero-order chi connectivity index (χ0) is 12.3. The number of ether oxygens (including phenoxy) is 1. The van der Waals surface area contributed by atoms with Gasteiger partial charge in [0.05, 0.1) is 12.6 Å². The van der Waals surface area contributed by atoms with Crippen molar-refractivity contribution in [3.8, 4) is 0 Å². The Balaban J connectivity index is 2.09. The highest BCUT2D eigenvalue weighted by atomic mass is 19.2. The summed E-state index contributed by atoms with van der Waals surface area (Å²) in [4.78, 5) is 0. The fraction of sp³-hybridized carbons (Fsp3) is 0.385. The lowest BCUT2D eigenvalue weighted by atomic mass is 10.0. The average molecular weight is 239 g/mol. The molecule has 0 saturated heterocycles. The molecule has 2 rings (SSSR count). The van der Waals surface area contributed by atoms with E-state index in [-0.39, 0.29) is 6.04 Å². The van der Waals surface area contributed by atoms with Gasteiger partial charge >= 0.3 is 0 Å². The zero-order valence-electron chi connectivity index (χ0n) is 9.67. The van der Waals surface area contributed by atoms with Gasteiger partial charge in [-0.3, -0.25) is 0 Å². The van der Waals surface area contributed by atoms with E-state index in [1.54, 1.807) is 6.07 Å². The molecule has 0 amide bonds. The van der Waals surface area contributed by atoms with Crippen molar-refractivity contribution in [3.63, 3.8) is 0 Å². The molecule has 0 fully saturated rings. The van der Waals surface area contributed by atoms with E-state index in [1.807, 2.05) is 13.1 Å². The van der Waals surface area contributed by atoms with E-state index in [1.165, 1.54) is 6.07 Å². The Labute approximate surface area is 99.3 Å². The molecule has 1 aliphatic heterocycles. The number of halogens is 2. The van der Waals surface area contributed by atoms with Gasteiger partial charge in [0, 0.05) is 6.42 Å². The first-order valence-electron chi connectivity index (χ1n) is 5.64. The van der Waals surface area contributed by atoms with Crippen LogP contribution < -0.4 is 5.32 Å². The summed E-state index contributed by atoms with van der Waals surface area (Å²) in [6.07, 6.45) is 3.52. The molecule has 0 radical (unpaired) electrons. The number of hydrogen-bond donors (Lipinski definition) is 1. The van der Waals surface area contributed by atoms with Crippen LogP contribution in [0.25, 0.3) is 0 Å². The molecule has 1 aromatic rings. The average Bonchev–Trinajstić information content (AvgIpc) is 2.84. The molecule has 1 unspecified atom stereocenters. The number of benzene rings is 1. The highest BCUT2D eigenvalue weighted by molar-refractivity contribution is 5.21. The van der Waals surface area contributed by atoms with Gasteiger partial charge in [0.15, 0.2) is 11.6 Å². The first-order valence-corrected chi connectivity index (χ1v) is 5.64. The second-order valence-electron chi connectivity index (χ2n) is 4.04. The number of rotatable bonds is 4. The lowest BCUT2D eigenvalue weighted by Gasteiger charge is -2.17. The summed E-state index contributed by atoms with van der Waals surface area (Å²) in [5, 5.41) is 3.12. The van der Waals surface area contributed by atoms with Crippen LogP contribution in [-0.4, -0.2) is 19.7 Å². The molecule has 0 bridgehead atoms. The van der Waals surface area contributed by atoms with E-state index in [0.29, 0.717) is 13.0 Å². The second-order valence-corrected chi connectivity index (χ2v) is 4.04. The van der Waals surface area contributed by atoms with Gasteiger partial charge in [-0.25, -0.2) is 8.78 Å². The number of likely N-dealkylation sites (N-methyl/N-ethyl adjacent to an activating group) is 1. The second kappa shape index (κ2) is 5.27. The molecule has 4 heteroatoms. The number of nitrogens with one attached hydrogen (secondary N) is 1. The Kier molecular flexibility index (Phi) is 3.74. The maximum Gasteiger partial charge on any atom is 0.159 e. The molecule has 17 heavy (non-hydrogen) atoms. The van der Waals surface area contributed by atoms with Gasteiger partial charge in [0.2, 0.25) is 0 Å². The van der Waals surface area contributed by atoms with E-state index in [0.717, 1.165) is 23.8 Å². The first-order chi connectivity index (χ1) is 8.20. The maximum absolute atomic E-state index is 13.1. The largest absolute Gasteiger partial charge is 0.496 e. The summed E-state index contributed by atoms with van der Waals surface area (Å²) >= 11 is 0. The van der Waals surface area contributed by atoms with Crippen molar-refractivity contribution in [2.45, 2.75) is 18.9 Å². The number of hydrogen-bond acceptors (Lipinski definition) is 2. The Morgan fingerprint density at radius 1 is 1.35 bits per heavy atom. The van der Waals surface area contributed by atoms with Gasteiger partial charge in [-0.1, -0.05) is 6.07 Å².